The molecular formula is C18H22FN3O2. The highest BCUT2D eigenvalue weighted by atomic mass is 19.1. The van der Waals surface area contributed by atoms with Gasteiger partial charge in [0.05, 0.1) is 24.3 Å². The molecule has 5 nitrogen and oxygen atoms in total. The number of nitrogens with zero attached hydrogens (tertiary/aromatic N) is 3. The molecule has 128 valence electrons. The zero-order chi connectivity index (χ0) is 17.4. The molecule has 0 spiro atoms. The van der Waals surface area contributed by atoms with Gasteiger partial charge >= 0.3 is 0 Å². The third-order valence-electron chi connectivity index (χ3n) is 4.84. The summed E-state index contributed by atoms with van der Waals surface area (Å²) in [6.45, 7) is 4.14. The predicted octanol–water partition coefficient (Wildman–Crippen LogP) is 2.05. The van der Waals surface area contributed by atoms with Gasteiger partial charge in [0.25, 0.3) is 0 Å². The van der Waals surface area contributed by atoms with Crippen molar-refractivity contribution < 1.29 is 14.3 Å². The summed E-state index contributed by atoms with van der Waals surface area (Å²) >= 11 is 0. The SMILES string of the molecule is Cc1nn(C)c(C)c1CC(=O)N1CC(O)CC1c1ccc(F)cc1. The van der Waals surface area contributed by atoms with Crippen LogP contribution < -0.4 is 0 Å². The Balaban J connectivity index is 1.83. The molecule has 2 aromatic rings. The van der Waals surface area contributed by atoms with E-state index in [4.69, 9.17) is 0 Å². The van der Waals surface area contributed by atoms with E-state index >= 15 is 0 Å². The van der Waals surface area contributed by atoms with E-state index in [2.05, 4.69) is 5.10 Å². The summed E-state index contributed by atoms with van der Waals surface area (Å²) < 4.78 is 14.9. The first-order chi connectivity index (χ1) is 11.4. The number of aliphatic hydroxyl groups is 1. The lowest BCUT2D eigenvalue weighted by atomic mass is 10.0. The fraction of sp³-hybridized carbons (Fsp3) is 0.444. The molecule has 1 aliphatic heterocycles. The van der Waals surface area contributed by atoms with Crippen molar-refractivity contribution in [1.82, 2.24) is 14.7 Å². The molecule has 2 heterocycles. The maximum absolute atomic E-state index is 13.1. The number of aliphatic hydroxyl groups excluding tert-OH is 1. The number of likely N-dealkylation sites (tertiary alicyclic amines) is 1. The van der Waals surface area contributed by atoms with Gasteiger partial charge in [-0.05, 0) is 38.0 Å². The van der Waals surface area contributed by atoms with Gasteiger partial charge in [-0.2, -0.15) is 5.10 Å². The number of hydrogen-bond donors (Lipinski definition) is 1. The molecule has 2 unspecified atom stereocenters. The van der Waals surface area contributed by atoms with E-state index in [0.717, 1.165) is 22.5 Å². The van der Waals surface area contributed by atoms with Gasteiger partial charge in [-0.25, -0.2) is 4.39 Å². The number of carbonyl (C=O) groups excluding carboxylic acids is 1. The summed E-state index contributed by atoms with van der Waals surface area (Å²) in [5.41, 5.74) is 3.60. The first-order valence-electron chi connectivity index (χ1n) is 8.09. The lowest BCUT2D eigenvalue weighted by Crippen LogP contribution is -2.33. The summed E-state index contributed by atoms with van der Waals surface area (Å²) in [5, 5.41) is 14.4. The second kappa shape index (κ2) is 6.36. The smallest absolute Gasteiger partial charge is 0.227 e. The Morgan fingerprint density at radius 3 is 2.58 bits per heavy atom. The van der Waals surface area contributed by atoms with Gasteiger partial charge in [0.2, 0.25) is 5.91 Å². The van der Waals surface area contributed by atoms with E-state index in [9.17, 15) is 14.3 Å². The van der Waals surface area contributed by atoms with E-state index in [0.29, 0.717) is 13.0 Å². The molecule has 1 aromatic heterocycles. The summed E-state index contributed by atoms with van der Waals surface area (Å²) in [4.78, 5) is 14.5. The number of rotatable bonds is 3. The fourth-order valence-corrected chi connectivity index (χ4v) is 3.42. The average Bonchev–Trinajstić information content (AvgIpc) is 3.03. The van der Waals surface area contributed by atoms with Gasteiger partial charge in [0.1, 0.15) is 5.82 Å². The monoisotopic (exact) mass is 331 g/mol. The molecule has 1 aromatic carbocycles. The number of carbonyl (C=O) groups is 1. The molecule has 0 aliphatic carbocycles. The van der Waals surface area contributed by atoms with Crippen LogP contribution in [0.2, 0.25) is 0 Å². The van der Waals surface area contributed by atoms with Gasteiger partial charge in [0.15, 0.2) is 0 Å². The molecular weight excluding hydrogens is 309 g/mol. The number of hydrogen-bond acceptors (Lipinski definition) is 3. The first kappa shape index (κ1) is 16.6. The minimum atomic E-state index is -0.555. The molecule has 0 radical (unpaired) electrons. The van der Waals surface area contributed by atoms with E-state index in [1.807, 2.05) is 20.9 Å². The van der Waals surface area contributed by atoms with Gasteiger partial charge in [0, 0.05) is 24.8 Å². The molecule has 0 saturated carbocycles. The highest BCUT2D eigenvalue weighted by Gasteiger charge is 2.35. The second-order valence-corrected chi connectivity index (χ2v) is 6.45. The van der Waals surface area contributed by atoms with Gasteiger partial charge in [-0.15, -0.1) is 0 Å². The van der Waals surface area contributed by atoms with Crippen molar-refractivity contribution in [3.63, 3.8) is 0 Å². The molecule has 1 amide bonds. The fourth-order valence-electron chi connectivity index (χ4n) is 3.42. The van der Waals surface area contributed by atoms with Crippen molar-refractivity contribution >= 4 is 5.91 Å². The largest absolute Gasteiger partial charge is 0.391 e. The third-order valence-corrected chi connectivity index (χ3v) is 4.84. The van der Waals surface area contributed by atoms with Crippen molar-refractivity contribution in [3.05, 3.63) is 52.6 Å². The van der Waals surface area contributed by atoms with Crippen molar-refractivity contribution in [1.29, 1.82) is 0 Å². The van der Waals surface area contributed by atoms with Gasteiger partial charge in [-0.1, -0.05) is 12.1 Å². The summed E-state index contributed by atoms with van der Waals surface area (Å²) in [5.74, 6) is -0.350. The van der Waals surface area contributed by atoms with Crippen molar-refractivity contribution in [2.75, 3.05) is 6.54 Å². The summed E-state index contributed by atoms with van der Waals surface area (Å²) in [7, 11) is 1.86. The first-order valence-corrected chi connectivity index (χ1v) is 8.09. The lowest BCUT2D eigenvalue weighted by Gasteiger charge is -2.25. The molecule has 1 aliphatic rings. The molecule has 0 bridgehead atoms. The highest BCUT2D eigenvalue weighted by Crippen LogP contribution is 2.33. The molecule has 24 heavy (non-hydrogen) atoms. The molecule has 1 fully saturated rings. The van der Waals surface area contributed by atoms with Crippen LogP contribution in [0.4, 0.5) is 4.39 Å². The molecule has 3 rings (SSSR count). The Hall–Kier alpha value is -2.21. The van der Waals surface area contributed by atoms with E-state index in [-0.39, 0.29) is 24.2 Å². The van der Waals surface area contributed by atoms with Crippen LogP contribution in [0.15, 0.2) is 24.3 Å². The second-order valence-electron chi connectivity index (χ2n) is 6.45. The minimum absolute atomic E-state index is 0.0416. The maximum Gasteiger partial charge on any atom is 0.227 e. The van der Waals surface area contributed by atoms with Crippen molar-refractivity contribution in [2.45, 2.75) is 38.8 Å². The number of halogens is 1. The van der Waals surface area contributed by atoms with Crippen LogP contribution in [0.3, 0.4) is 0 Å². The van der Waals surface area contributed by atoms with E-state index in [1.54, 1.807) is 21.7 Å². The normalized spacial score (nSPS) is 20.6. The summed E-state index contributed by atoms with van der Waals surface area (Å²) in [6, 6.07) is 5.92. The Labute approximate surface area is 140 Å². The van der Waals surface area contributed by atoms with Crippen molar-refractivity contribution in [2.24, 2.45) is 7.05 Å². The quantitative estimate of drug-likeness (QED) is 0.936. The number of β-amino-alcohol motifs (C(OH)–C–C–N with tert-alkyl or cyclic N) is 1. The summed E-state index contributed by atoms with van der Waals surface area (Å²) in [6.07, 6.45) is 0.179. The third kappa shape index (κ3) is 3.06. The van der Waals surface area contributed by atoms with Crippen LogP contribution in [0.5, 0.6) is 0 Å². The van der Waals surface area contributed by atoms with Crippen LogP contribution in [-0.2, 0) is 18.3 Å². The van der Waals surface area contributed by atoms with E-state index < -0.39 is 6.10 Å². The van der Waals surface area contributed by atoms with Gasteiger partial charge in [-0.3, -0.25) is 9.48 Å². The standard InChI is InChI=1S/C18H22FN3O2/c1-11-16(12(2)21(3)20-11)9-18(24)22-10-15(23)8-17(22)13-4-6-14(19)7-5-13/h4-7,15,17,23H,8-10H2,1-3H3. The minimum Gasteiger partial charge on any atom is -0.391 e. The number of amides is 1. The Morgan fingerprint density at radius 2 is 2.00 bits per heavy atom. The topological polar surface area (TPSA) is 58.4 Å². The molecule has 1 saturated heterocycles. The molecule has 2 atom stereocenters. The maximum atomic E-state index is 13.1. The van der Waals surface area contributed by atoms with Crippen LogP contribution in [-0.4, -0.2) is 38.3 Å². The highest BCUT2D eigenvalue weighted by molar-refractivity contribution is 5.80. The molecule has 1 N–H and O–H groups in total. The van der Waals surface area contributed by atoms with Crippen LogP contribution in [0.25, 0.3) is 0 Å². The zero-order valence-electron chi connectivity index (χ0n) is 14.2. The number of aromatic nitrogens is 2. The zero-order valence-corrected chi connectivity index (χ0v) is 14.2. The number of benzene rings is 1. The van der Waals surface area contributed by atoms with Crippen LogP contribution in [0, 0.1) is 19.7 Å². The Bertz CT molecular complexity index is 754. The number of aryl methyl sites for hydroxylation is 2. The van der Waals surface area contributed by atoms with Crippen molar-refractivity contribution in [3.8, 4) is 0 Å². The molecule has 6 heteroatoms. The lowest BCUT2D eigenvalue weighted by molar-refractivity contribution is -0.131. The van der Waals surface area contributed by atoms with Crippen LogP contribution >= 0.6 is 0 Å². The average molecular weight is 331 g/mol. The van der Waals surface area contributed by atoms with Gasteiger partial charge < -0.3 is 10.0 Å². The van der Waals surface area contributed by atoms with E-state index in [1.165, 1.54) is 12.1 Å². The van der Waals surface area contributed by atoms with Crippen LogP contribution in [0.1, 0.15) is 35.0 Å². The predicted molar refractivity (Wildman–Crippen MR) is 87.9 cm³/mol. The Kier molecular flexibility index (Phi) is 4.41. The Morgan fingerprint density at radius 1 is 1.33 bits per heavy atom.